The topological polar surface area (TPSA) is 79.6 Å². The van der Waals surface area contributed by atoms with Crippen LogP contribution in [0.2, 0.25) is 0 Å². The van der Waals surface area contributed by atoms with Crippen molar-refractivity contribution >= 4 is 15.8 Å². The van der Waals surface area contributed by atoms with Crippen molar-refractivity contribution in [2.45, 2.75) is 39.7 Å². The van der Waals surface area contributed by atoms with Gasteiger partial charge in [-0.2, -0.15) is 5.10 Å². The van der Waals surface area contributed by atoms with Gasteiger partial charge in [-0.25, -0.2) is 8.42 Å². The lowest BCUT2D eigenvalue weighted by atomic mass is 10.1. The van der Waals surface area contributed by atoms with Gasteiger partial charge < -0.3 is 10.2 Å². The van der Waals surface area contributed by atoms with Gasteiger partial charge in [-0.05, 0) is 25.2 Å². The van der Waals surface area contributed by atoms with Crippen LogP contribution in [-0.2, 0) is 23.4 Å². The molecule has 25 heavy (non-hydrogen) atoms. The van der Waals surface area contributed by atoms with Gasteiger partial charge in [0.1, 0.15) is 0 Å². The van der Waals surface area contributed by atoms with Crippen LogP contribution < -0.4 is 5.32 Å². The number of aryl methyl sites for hydroxylation is 1. The van der Waals surface area contributed by atoms with Crippen LogP contribution in [0.25, 0.3) is 0 Å². The molecule has 0 aromatic carbocycles. The van der Waals surface area contributed by atoms with Crippen molar-refractivity contribution in [1.29, 1.82) is 0 Å². The first-order valence-electron chi connectivity index (χ1n) is 8.94. The summed E-state index contributed by atoms with van der Waals surface area (Å²) in [4.78, 5) is 6.76. The lowest BCUT2D eigenvalue weighted by Crippen LogP contribution is -2.39. The Labute approximate surface area is 151 Å². The van der Waals surface area contributed by atoms with Crippen molar-refractivity contribution in [2.75, 3.05) is 31.6 Å². The zero-order valence-electron chi connectivity index (χ0n) is 16.0. The Morgan fingerprint density at radius 1 is 1.52 bits per heavy atom. The molecule has 8 heteroatoms. The zero-order chi connectivity index (χ0) is 18.6. The van der Waals surface area contributed by atoms with Crippen LogP contribution in [0.1, 0.15) is 44.4 Å². The van der Waals surface area contributed by atoms with Crippen LogP contribution >= 0.6 is 0 Å². The summed E-state index contributed by atoms with van der Waals surface area (Å²) in [5, 5.41) is 7.86. The second-order valence-electron chi connectivity index (χ2n) is 7.19. The van der Waals surface area contributed by atoms with Crippen LogP contribution in [0.4, 0.5) is 0 Å². The predicted molar refractivity (Wildman–Crippen MR) is 102 cm³/mol. The molecule has 0 aliphatic carbocycles. The van der Waals surface area contributed by atoms with Gasteiger partial charge in [0.25, 0.3) is 0 Å². The molecule has 1 fully saturated rings. The lowest BCUT2D eigenvalue weighted by molar-refractivity contribution is 0.469. The number of rotatable bonds is 6. The molecule has 1 aliphatic rings. The van der Waals surface area contributed by atoms with E-state index in [4.69, 9.17) is 0 Å². The molecule has 1 saturated heterocycles. The second kappa shape index (κ2) is 8.21. The number of aliphatic imine (C=N–C) groups is 1. The van der Waals surface area contributed by atoms with Gasteiger partial charge in [-0.15, -0.1) is 0 Å². The molecule has 1 unspecified atom stereocenters. The van der Waals surface area contributed by atoms with E-state index >= 15 is 0 Å². The van der Waals surface area contributed by atoms with Crippen LogP contribution in [0.5, 0.6) is 0 Å². The molecule has 1 atom stereocenters. The van der Waals surface area contributed by atoms with Crippen LogP contribution in [0.3, 0.4) is 0 Å². The maximum absolute atomic E-state index is 11.6. The van der Waals surface area contributed by atoms with E-state index in [1.54, 1.807) is 0 Å². The van der Waals surface area contributed by atoms with Crippen LogP contribution in [0, 0.1) is 5.92 Å². The quantitative estimate of drug-likeness (QED) is 0.605. The fourth-order valence-electron chi connectivity index (χ4n) is 3.19. The third-order valence-corrected chi connectivity index (χ3v) is 6.25. The molecule has 1 aliphatic heterocycles. The minimum atomic E-state index is -2.85. The highest BCUT2D eigenvalue weighted by molar-refractivity contribution is 7.91. The Kier molecular flexibility index (Phi) is 6.48. The maximum atomic E-state index is 11.6. The number of sulfone groups is 1. The van der Waals surface area contributed by atoms with Gasteiger partial charge in [0.05, 0.1) is 17.2 Å². The van der Waals surface area contributed by atoms with Crippen molar-refractivity contribution in [2.24, 2.45) is 18.0 Å². The Bertz CT molecular complexity index is 709. The number of aromatic nitrogens is 2. The summed E-state index contributed by atoms with van der Waals surface area (Å²) in [5.74, 6) is 1.88. The molecule has 1 N–H and O–H groups in total. The van der Waals surface area contributed by atoms with E-state index in [2.05, 4.69) is 40.4 Å². The summed E-state index contributed by atoms with van der Waals surface area (Å²) < 4.78 is 25.1. The van der Waals surface area contributed by atoms with Crippen LogP contribution in [0.15, 0.2) is 11.2 Å². The fraction of sp³-hybridized carbons (Fsp3) is 0.765. The smallest absolute Gasteiger partial charge is 0.193 e. The standard InChI is InChI=1S/C17H31N5O2S/c1-6-18-17(19-9-14-7-8-25(23,24)12-14)21(4)10-15-11-22(5)20-16(15)13(2)3/h11,13-14H,6-10,12H2,1-5H3,(H,18,19). The third-order valence-electron chi connectivity index (χ3n) is 4.41. The largest absolute Gasteiger partial charge is 0.357 e. The molecule has 1 aromatic rings. The van der Waals surface area contributed by atoms with E-state index in [-0.39, 0.29) is 11.7 Å². The molecule has 0 bridgehead atoms. The van der Waals surface area contributed by atoms with E-state index < -0.39 is 9.84 Å². The van der Waals surface area contributed by atoms with Gasteiger partial charge in [-0.3, -0.25) is 9.67 Å². The van der Waals surface area contributed by atoms with E-state index in [1.165, 1.54) is 5.56 Å². The van der Waals surface area contributed by atoms with Gasteiger partial charge >= 0.3 is 0 Å². The van der Waals surface area contributed by atoms with Crippen molar-refractivity contribution in [3.63, 3.8) is 0 Å². The molecular weight excluding hydrogens is 338 g/mol. The molecule has 142 valence electrons. The van der Waals surface area contributed by atoms with E-state index in [0.717, 1.165) is 31.2 Å². The Morgan fingerprint density at radius 2 is 2.24 bits per heavy atom. The number of nitrogens with zero attached hydrogens (tertiary/aromatic N) is 4. The van der Waals surface area contributed by atoms with Crippen LogP contribution in [-0.4, -0.2) is 60.7 Å². The first-order chi connectivity index (χ1) is 11.7. The summed E-state index contributed by atoms with van der Waals surface area (Å²) in [7, 11) is 1.09. The number of hydrogen-bond donors (Lipinski definition) is 1. The van der Waals surface area contributed by atoms with Crippen molar-refractivity contribution in [3.05, 3.63) is 17.5 Å². The first-order valence-corrected chi connectivity index (χ1v) is 10.8. The number of nitrogens with one attached hydrogen (secondary N) is 1. The van der Waals surface area contributed by atoms with Gasteiger partial charge in [0, 0.05) is 45.5 Å². The summed E-state index contributed by atoms with van der Waals surface area (Å²) >= 11 is 0. The fourth-order valence-corrected chi connectivity index (χ4v) is 5.04. The number of guanidine groups is 1. The minimum Gasteiger partial charge on any atom is -0.357 e. The van der Waals surface area contributed by atoms with Crippen molar-refractivity contribution in [1.82, 2.24) is 20.0 Å². The van der Waals surface area contributed by atoms with E-state index in [1.807, 2.05) is 25.7 Å². The SMILES string of the molecule is CCNC(=NCC1CCS(=O)(=O)C1)N(C)Cc1cn(C)nc1C(C)C. The van der Waals surface area contributed by atoms with Gasteiger partial charge in [0.2, 0.25) is 0 Å². The minimum absolute atomic E-state index is 0.136. The summed E-state index contributed by atoms with van der Waals surface area (Å²) in [5.41, 5.74) is 2.29. The molecule has 2 heterocycles. The zero-order valence-corrected chi connectivity index (χ0v) is 16.8. The Morgan fingerprint density at radius 3 is 2.80 bits per heavy atom. The predicted octanol–water partition coefficient (Wildman–Crippen LogP) is 1.38. The molecule has 0 radical (unpaired) electrons. The first kappa shape index (κ1) is 19.8. The highest BCUT2D eigenvalue weighted by Gasteiger charge is 2.27. The van der Waals surface area contributed by atoms with Gasteiger partial charge in [0.15, 0.2) is 15.8 Å². The van der Waals surface area contributed by atoms with Crippen molar-refractivity contribution < 1.29 is 8.42 Å². The molecule has 0 saturated carbocycles. The van der Waals surface area contributed by atoms with Crippen molar-refractivity contribution in [3.8, 4) is 0 Å². The van der Waals surface area contributed by atoms with Gasteiger partial charge in [-0.1, -0.05) is 13.8 Å². The molecule has 0 spiro atoms. The molecule has 7 nitrogen and oxygen atoms in total. The summed E-state index contributed by atoms with van der Waals surface area (Å²) in [6.07, 6.45) is 2.77. The average Bonchev–Trinajstić information content (AvgIpc) is 3.05. The molecule has 1 aromatic heterocycles. The van der Waals surface area contributed by atoms with E-state index in [9.17, 15) is 8.42 Å². The number of hydrogen-bond acceptors (Lipinski definition) is 4. The Hall–Kier alpha value is -1.57. The molecular formula is C17H31N5O2S. The highest BCUT2D eigenvalue weighted by Crippen LogP contribution is 2.20. The second-order valence-corrected chi connectivity index (χ2v) is 9.42. The third kappa shape index (κ3) is 5.45. The highest BCUT2D eigenvalue weighted by atomic mass is 32.2. The molecule has 0 amide bonds. The van der Waals surface area contributed by atoms with E-state index in [0.29, 0.717) is 18.2 Å². The maximum Gasteiger partial charge on any atom is 0.193 e. The normalized spacial score (nSPS) is 20.2. The lowest BCUT2D eigenvalue weighted by Gasteiger charge is -2.22. The summed E-state index contributed by atoms with van der Waals surface area (Å²) in [6.45, 7) is 8.37. The molecule has 2 rings (SSSR count). The monoisotopic (exact) mass is 369 g/mol. The average molecular weight is 370 g/mol. The summed E-state index contributed by atoms with van der Waals surface area (Å²) in [6, 6.07) is 0. The Balaban J connectivity index is 2.07.